The molecule has 0 aliphatic carbocycles. The molecule has 3 heterocycles. The molecule has 8 nitrogen and oxygen atoms in total. The Bertz CT molecular complexity index is 1180. The molecule has 1 atom stereocenters. The van der Waals surface area contributed by atoms with Crippen LogP contribution in [0.1, 0.15) is 17.0 Å². The lowest BCUT2D eigenvalue weighted by Gasteiger charge is -2.21. The van der Waals surface area contributed by atoms with Crippen molar-refractivity contribution in [1.82, 2.24) is 24.8 Å². The SMILES string of the molecule is Cc1cnc(NCC(F)(SF)c2ccncc2)c(=O)n1CC(=O)NCC(F)(F)c1ccccn1. The minimum absolute atomic E-state index is 0.0110. The Morgan fingerprint density at radius 1 is 1.09 bits per heavy atom. The first kappa shape index (κ1) is 25.1. The fourth-order valence-corrected chi connectivity index (χ4v) is 3.29. The predicted molar refractivity (Wildman–Crippen MR) is 119 cm³/mol. The lowest BCUT2D eigenvalue weighted by atomic mass is 10.1. The number of aromatic nitrogens is 4. The number of hydrogen-bond donors (Lipinski definition) is 2. The molecule has 0 bridgehead atoms. The zero-order chi connectivity index (χ0) is 24.8. The number of halogens is 4. The van der Waals surface area contributed by atoms with E-state index in [0.717, 1.165) is 10.6 Å². The molecule has 0 radical (unpaired) electrons. The van der Waals surface area contributed by atoms with Gasteiger partial charge in [0.15, 0.2) is 5.82 Å². The van der Waals surface area contributed by atoms with Gasteiger partial charge in [-0.15, -0.1) is 0 Å². The number of carbonyl (C=O) groups is 1. The fraction of sp³-hybridized carbons (Fsp3) is 0.286. The van der Waals surface area contributed by atoms with Crippen molar-refractivity contribution in [1.29, 1.82) is 0 Å². The predicted octanol–water partition coefficient (Wildman–Crippen LogP) is 3.10. The topological polar surface area (TPSA) is 102 Å². The van der Waals surface area contributed by atoms with Crippen LogP contribution in [-0.2, 0) is 22.3 Å². The molecule has 2 N–H and O–H groups in total. The molecule has 0 aliphatic rings. The lowest BCUT2D eigenvalue weighted by Crippen LogP contribution is -2.40. The summed E-state index contributed by atoms with van der Waals surface area (Å²) in [5.74, 6) is -4.60. The zero-order valence-electron chi connectivity index (χ0n) is 17.8. The van der Waals surface area contributed by atoms with Crippen molar-refractivity contribution in [3.05, 3.63) is 82.4 Å². The van der Waals surface area contributed by atoms with Gasteiger partial charge in [-0.05, 0) is 31.2 Å². The van der Waals surface area contributed by atoms with Gasteiger partial charge in [0.25, 0.3) is 5.56 Å². The third kappa shape index (κ3) is 5.90. The Hall–Kier alpha value is -3.48. The molecule has 0 spiro atoms. The second-order valence-corrected chi connectivity index (χ2v) is 8.03. The molecule has 13 heteroatoms. The van der Waals surface area contributed by atoms with E-state index in [2.05, 4.69) is 25.6 Å². The van der Waals surface area contributed by atoms with Crippen LogP contribution >= 0.6 is 12.1 Å². The summed E-state index contributed by atoms with van der Waals surface area (Å²) >= 11 is -0.558. The Kier molecular flexibility index (Phi) is 7.87. The summed E-state index contributed by atoms with van der Waals surface area (Å²) in [5.41, 5.74) is -1.05. The number of carbonyl (C=O) groups excluding carboxylic acids is 1. The van der Waals surface area contributed by atoms with Crippen LogP contribution in [0.25, 0.3) is 0 Å². The van der Waals surface area contributed by atoms with Crippen LogP contribution in [-0.4, -0.2) is 38.5 Å². The maximum atomic E-state index is 15.0. The normalized spacial score (nSPS) is 13.2. The van der Waals surface area contributed by atoms with E-state index >= 15 is 4.39 Å². The first-order chi connectivity index (χ1) is 16.2. The van der Waals surface area contributed by atoms with Crippen LogP contribution in [0.4, 0.5) is 22.9 Å². The molecule has 3 aromatic heterocycles. The van der Waals surface area contributed by atoms with Crippen LogP contribution < -0.4 is 16.2 Å². The van der Waals surface area contributed by atoms with Crippen molar-refractivity contribution >= 4 is 23.9 Å². The number of hydrogen-bond acceptors (Lipinski definition) is 7. The van der Waals surface area contributed by atoms with Crippen molar-refractivity contribution in [3.63, 3.8) is 0 Å². The highest BCUT2D eigenvalue weighted by atomic mass is 32.2. The maximum absolute atomic E-state index is 15.0. The van der Waals surface area contributed by atoms with Gasteiger partial charge in [-0.25, -0.2) is 9.37 Å². The fourth-order valence-electron chi connectivity index (χ4n) is 2.94. The van der Waals surface area contributed by atoms with Gasteiger partial charge in [-0.3, -0.25) is 24.1 Å². The van der Waals surface area contributed by atoms with Crippen molar-refractivity contribution in [2.24, 2.45) is 0 Å². The van der Waals surface area contributed by atoms with E-state index < -0.39 is 59.9 Å². The van der Waals surface area contributed by atoms with E-state index in [9.17, 15) is 22.3 Å². The number of anilines is 1. The second-order valence-electron chi connectivity index (χ2n) is 7.23. The van der Waals surface area contributed by atoms with Crippen molar-refractivity contribution in [2.45, 2.75) is 24.4 Å². The molecular formula is C21H20F4N6O2S. The Morgan fingerprint density at radius 3 is 2.47 bits per heavy atom. The summed E-state index contributed by atoms with van der Waals surface area (Å²) in [5, 5.41) is 2.02. The first-order valence-corrected chi connectivity index (χ1v) is 10.6. The molecule has 3 rings (SSSR count). The van der Waals surface area contributed by atoms with Crippen LogP contribution in [0, 0.1) is 6.92 Å². The van der Waals surface area contributed by atoms with Gasteiger partial charge in [-0.2, -0.15) is 12.7 Å². The van der Waals surface area contributed by atoms with E-state index in [0.29, 0.717) is 0 Å². The number of pyridine rings is 2. The van der Waals surface area contributed by atoms with Crippen LogP contribution in [0.15, 0.2) is 59.9 Å². The molecule has 0 saturated heterocycles. The number of rotatable bonds is 10. The van der Waals surface area contributed by atoms with E-state index in [1.54, 1.807) is 0 Å². The van der Waals surface area contributed by atoms with E-state index in [-0.39, 0.29) is 17.1 Å². The average Bonchev–Trinajstić information content (AvgIpc) is 2.86. The highest BCUT2D eigenvalue weighted by molar-refractivity contribution is 7.95. The second kappa shape index (κ2) is 10.6. The first-order valence-electron chi connectivity index (χ1n) is 9.92. The Labute approximate surface area is 196 Å². The highest BCUT2D eigenvalue weighted by Gasteiger charge is 2.35. The third-order valence-corrected chi connectivity index (χ3v) is 5.44. The molecular weight excluding hydrogens is 476 g/mol. The quantitative estimate of drug-likeness (QED) is 0.416. The number of nitrogens with zero attached hydrogens (tertiary/aromatic N) is 4. The van der Waals surface area contributed by atoms with Crippen LogP contribution in [0.2, 0.25) is 0 Å². The summed E-state index contributed by atoms with van der Waals surface area (Å²) in [4.78, 5) is 36.2. The van der Waals surface area contributed by atoms with Crippen molar-refractivity contribution < 1.29 is 21.9 Å². The van der Waals surface area contributed by atoms with Gasteiger partial charge in [0, 0.05) is 36.0 Å². The minimum Gasteiger partial charge on any atom is -0.361 e. The van der Waals surface area contributed by atoms with Gasteiger partial charge in [0.2, 0.25) is 10.9 Å². The molecule has 180 valence electrons. The molecule has 1 amide bonds. The van der Waals surface area contributed by atoms with Crippen LogP contribution in [0.3, 0.4) is 0 Å². The summed E-state index contributed by atoms with van der Waals surface area (Å²) in [7, 11) is 0. The van der Waals surface area contributed by atoms with E-state index in [1.807, 2.05) is 0 Å². The minimum atomic E-state index is -3.41. The molecule has 1 unspecified atom stereocenters. The van der Waals surface area contributed by atoms with Crippen molar-refractivity contribution in [3.8, 4) is 0 Å². The monoisotopic (exact) mass is 496 g/mol. The Balaban J connectivity index is 1.69. The summed E-state index contributed by atoms with van der Waals surface area (Å²) in [6.45, 7) is -0.756. The summed E-state index contributed by atoms with van der Waals surface area (Å²) in [6.07, 6.45) is 5.05. The van der Waals surface area contributed by atoms with Gasteiger partial charge in [0.1, 0.15) is 12.2 Å². The molecule has 0 aliphatic heterocycles. The molecule has 0 aromatic carbocycles. The smallest absolute Gasteiger partial charge is 0.306 e. The number of aryl methyl sites for hydroxylation is 1. The number of alkyl halides is 3. The van der Waals surface area contributed by atoms with Crippen LogP contribution in [0.5, 0.6) is 0 Å². The van der Waals surface area contributed by atoms with E-state index in [4.69, 9.17) is 0 Å². The summed E-state index contributed by atoms with van der Waals surface area (Å²) < 4.78 is 57.9. The summed E-state index contributed by atoms with van der Waals surface area (Å²) in [6, 6.07) is 6.60. The average molecular weight is 496 g/mol. The van der Waals surface area contributed by atoms with Gasteiger partial charge < -0.3 is 10.6 Å². The highest BCUT2D eigenvalue weighted by Crippen LogP contribution is 2.38. The third-order valence-electron chi connectivity index (χ3n) is 4.82. The molecule has 3 aromatic rings. The standard InChI is InChI=1S/C21H20F4N6O2S/c1-14-10-28-18(30-13-21(24,34-25)15-5-8-26-9-6-15)19(33)31(14)11-17(32)29-12-20(22,23)16-4-2-3-7-27-16/h2-10H,11-13H2,1H3,(H,28,30)(H,29,32). The van der Waals surface area contributed by atoms with Gasteiger partial charge >= 0.3 is 5.92 Å². The molecule has 0 saturated carbocycles. The molecule has 0 fully saturated rings. The maximum Gasteiger partial charge on any atom is 0.306 e. The largest absolute Gasteiger partial charge is 0.361 e. The lowest BCUT2D eigenvalue weighted by molar-refractivity contribution is -0.124. The molecule has 34 heavy (non-hydrogen) atoms. The van der Waals surface area contributed by atoms with Crippen molar-refractivity contribution in [2.75, 3.05) is 18.4 Å². The van der Waals surface area contributed by atoms with E-state index in [1.165, 1.54) is 56.0 Å². The van der Waals surface area contributed by atoms with Gasteiger partial charge in [0.05, 0.1) is 25.2 Å². The number of amides is 1. The Morgan fingerprint density at radius 2 is 1.82 bits per heavy atom. The van der Waals surface area contributed by atoms with Gasteiger partial charge in [-0.1, -0.05) is 6.07 Å². The zero-order valence-corrected chi connectivity index (χ0v) is 18.7. The number of nitrogens with one attached hydrogen (secondary N) is 2.